The monoisotopic (exact) mass is 289 g/mol. The van der Waals surface area contributed by atoms with E-state index in [9.17, 15) is 4.79 Å². The van der Waals surface area contributed by atoms with E-state index in [-0.39, 0.29) is 5.97 Å². The predicted octanol–water partition coefficient (Wildman–Crippen LogP) is 2.36. The van der Waals surface area contributed by atoms with Gasteiger partial charge in [0.05, 0.1) is 24.5 Å². The largest absolute Gasteiger partial charge is 0.468 e. The van der Waals surface area contributed by atoms with E-state index in [2.05, 4.69) is 20.9 Å². The van der Waals surface area contributed by atoms with Gasteiger partial charge in [-0.3, -0.25) is 4.79 Å². The van der Waals surface area contributed by atoms with Crippen molar-refractivity contribution in [3.8, 4) is 0 Å². The van der Waals surface area contributed by atoms with E-state index in [1.807, 2.05) is 38.4 Å². The maximum Gasteiger partial charge on any atom is 0.325 e. The molecule has 0 bridgehead atoms. The van der Waals surface area contributed by atoms with Crippen molar-refractivity contribution >= 4 is 17.0 Å². The molecule has 0 saturated heterocycles. The highest BCUT2D eigenvalue weighted by molar-refractivity contribution is 5.80. The average molecular weight is 289 g/mol. The lowest BCUT2D eigenvalue weighted by atomic mass is 9.95. The van der Waals surface area contributed by atoms with Crippen LogP contribution in [0.4, 0.5) is 0 Å². The first-order valence-electron chi connectivity index (χ1n) is 7.34. The van der Waals surface area contributed by atoms with Crippen LogP contribution in [0.25, 0.3) is 11.0 Å². The molecule has 0 aliphatic heterocycles. The third-order valence-electron chi connectivity index (χ3n) is 3.81. The Morgan fingerprint density at radius 1 is 1.43 bits per heavy atom. The number of fused-ring (bicyclic) bond motifs is 1. The molecule has 0 saturated carbocycles. The fraction of sp³-hybridized carbons (Fsp3) is 0.500. The van der Waals surface area contributed by atoms with Crippen molar-refractivity contribution < 1.29 is 9.53 Å². The number of esters is 1. The first kappa shape index (κ1) is 15.5. The number of hydrogen-bond donors (Lipinski definition) is 1. The number of imidazole rings is 1. The van der Waals surface area contributed by atoms with Crippen LogP contribution >= 0.6 is 0 Å². The molecule has 2 aromatic rings. The predicted molar refractivity (Wildman–Crippen MR) is 83.1 cm³/mol. The number of likely N-dealkylation sites (N-methyl/N-ethyl adjacent to an activating group) is 1. The molecule has 0 amide bonds. The van der Waals surface area contributed by atoms with Gasteiger partial charge in [-0.25, -0.2) is 4.98 Å². The zero-order chi connectivity index (χ0) is 15.3. The van der Waals surface area contributed by atoms with Crippen molar-refractivity contribution in [2.24, 2.45) is 0 Å². The maximum atomic E-state index is 11.9. The van der Waals surface area contributed by atoms with E-state index in [1.165, 1.54) is 7.11 Å². The molecule has 5 heteroatoms. The molecule has 5 nitrogen and oxygen atoms in total. The highest BCUT2D eigenvalue weighted by Crippen LogP contribution is 2.17. The summed E-state index contributed by atoms with van der Waals surface area (Å²) in [6, 6.07) is 8.06. The number of methoxy groups -OCH3 is 1. The number of nitrogens with one attached hydrogen (secondary N) is 1. The molecule has 1 unspecified atom stereocenters. The topological polar surface area (TPSA) is 56.2 Å². The Bertz CT molecular complexity index is 608. The standard InChI is InChI=1S/C16H23N3O2/c1-4-18-16(2,15(20)21-3)10-7-11-19-12-17-13-8-5-6-9-14(13)19/h5-6,8-9,12,18H,4,7,10-11H2,1-3H3. The van der Waals surface area contributed by atoms with Crippen LogP contribution < -0.4 is 5.32 Å². The summed E-state index contributed by atoms with van der Waals surface area (Å²) in [5, 5.41) is 3.23. The van der Waals surface area contributed by atoms with Crippen molar-refractivity contribution in [3.63, 3.8) is 0 Å². The zero-order valence-electron chi connectivity index (χ0n) is 12.9. The minimum atomic E-state index is -0.625. The fourth-order valence-electron chi connectivity index (χ4n) is 2.67. The van der Waals surface area contributed by atoms with Crippen molar-refractivity contribution in [3.05, 3.63) is 30.6 Å². The lowest BCUT2D eigenvalue weighted by molar-refractivity contribution is -0.148. The first-order chi connectivity index (χ1) is 10.1. The molecule has 1 aromatic carbocycles. The minimum Gasteiger partial charge on any atom is -0.468 e. The van der Waals surface area contributed by atoms with Crippen LogP contribution in [0.3, 0.4) is 0 Å². The van der Waals surface area contributed by atoms with Crippen molar-refractivity contribution in [1.82, 2.24) is 14.9 Å². The summed E-state index contributed by atoms with van der Waals surface area (Å²) in [7, 11) is 1.43. The molecule has 0 fully saturated rings. The Morgan fingerprint density at radius 3 is 2.90 bits per heavy atom. The number of hydrogen-bond acceptors (Lipinski definition) is 4. The molecule has 114 valence electrons. The van der Waals surface area contributed by atoms with Gasteiger partial charge in [0.25, 0.3) is 0 Å². The van der Waals surface area contributed by atoms with E-state index in [0.29, 0.717) is 0 Å². The Labute approximate surface area is 125 Å². The molecule has 1 aromatic heterocycles. The number of carbonyl (C=O) groups is 1. The van der Waals surface area contributed by atoms with Crippen molar-refractivity contribution in [2.45, 2.75) is 38.8 Å². The normalized spacial score (nSPS) is 14.0. The number of para-hydroxylation sites is 2. The molecule has 0 spiro atoms. The third-order valence-corrected chi connectivity index (χ3v) is 3.81. The third kappa shape index (κ3) is 3.42. The lowest BCUT2D eigenvalue weighted by Crippen LogP contribution is -2.50. The molecular formula is C16H23N3O2. The molecule has 2 rings (SSSR count). The molecule has 1 atom stereocenters. The number of ether oxygens (including phenoxy) is 1. The van der Waals surface area contributed by atoms with Gasteiger partial charge < -0.3 is 14.6 Å². The Hall–Kier alpha value is -1.88. The van der Waals surface area contributed by atoms with Gasteiger partial charge in [0.1, 0.15) is 5.54 Å². The highest BCUT2D eigenvalue weighted by atomic mass is 16.5. The minimum absolute atomic E-state index is 0.208. The molecule has 0 radical (unpaired) electrons. The summed E-state index contributed by atoms with van der Waals surface area (Å²) in [5.41, 5.74) is 1.50. The van der Waals surface area contributed by atoms with Crippen LogP contribution in [0.2, 0.25) is 0 Å². The highest BCUT2D eigenvalue weighted by Gasteiger charge is 2.32. The lowest BCUT2D eigenvalue weighted by Gasteiger charge is -2.27. The average Bonchev–Trinajstić information content (AvgIpc) is 2.90. The Balaban J connectivity index is 2.00. The van der Waals surface area contributed by atoms with Gasteiger partial charge in [0.2, 0.25) is 0 Å². The van der Waals surface area contributed by atoms with E-state index < -0.39 is 5.54 Å². The summed E-state index contributed by atoms with van der Waals surface area (Å²) in [4.78, 5) is 16.3. The number of aryl methyl sites for hydroxylation is 1. The quantitative estimate of drug-likeness (QED) is 0.795. The van der Waals surface area contributed by atoms with E-state index in [0.717, 1.165) is 37.0 Å². The van der Waals surface area contributed by atoms with Crippen molar-refractivity contribution in [2.75, 3.05) is 13.7 Å². The van der Waals surface area contributed by atoms with Crippen molar-refractivity contribution in [1.29, 1.82) is 0 Å². The van der Waals surface area contributed by atoms with Crippen LogP contribution in [0.1, 0.15) is 26.7 Å². The maximum absolute atomic E-state index is 11.9. The summed E-state index contributed by atoms with van der Waals surface area (Å²) in [5.74, 6) is -0.208. The van der Waals surface area contributed by atoms with Gasteiger partial charge in [0, 0.05) is 6.54 Å². The van der Waals surface area contributed by atoms with Gasteiger partial charge >= 0.3 is 5.97 Å². The molecule has 21 heavy (non-hydrogen) atoms. The van der Waals surface area contributed by atoms with E-state index in [4.69, 9.17) is 4.74 Å². The number of nitrogens with zero attached hydrogens (tertiary/aromatic N) is 2. The van der Waals surface area contributed by atoms with Crippen LogP contribution in [0.15, 0.2) is 30.6 Å². The molecule has 0 aliphatic carbocycles. The summed E-state index contributed by atoms with van der Waals surface area (Å²) >= 11 is 0. The van der Waals surface area contributed by atoms with Crippen LogP contribution in [-0.2, 0) is 16.1 Å². The number of benzene rings is 1. The Morgan fingerprint density at radius 2 is 2.19 bits per heavy atom. The summed E-state index contributed by atoms with van der Waals surface area (Å²) < 4.78 is 7.03. The first-order valence-corrected chi connectivity index (χ1v) is 7.34. The van der Waals surface area contributed by atoms with Crippen LogP contribution in [0.5, 0.6) is 0 Å². The second kappa shape index (κ2) is 6.72. The molecule has 1 N–H and O–H groups in total. The molecular weight excluding hydrogens is 266 g/mol. The van der Waals surface area contributed by atoms with Gasteiger partial charge in [-0.1, -0.05) is 19.1 Å². The Kier molecular flexibility index (Phi) is 4.96. The van der Waals surface area contributed by atoms with E-state index in [1.54, 1.807) is 0 Å². The molecule has 0 aliphatic rings. The van der Waals surface area contributed by atoms with Gasteiger partial charge in [-0.05, 0) is 38.4 Å². The van der Waals surface area contributed by atoms with E-state index >= 15 is 0 Å². The van der Waals surface area contributed by atoms with Gasteiger partial charge in [-0.2, -0.15) is 0 Å². The fourth-order valence-corrected chi connectivity index (χ4v) is 2.67. The van der Waals surface area contributed by atoms with Gasteiger partial charge in [0.15, 0.2) is 0 Å². The number of aromatic nitrogens is 2. The van der Waals surface area contributed by atoms with Gasteiger partial charge in [-0.15, -0.1) is 0 Å². The second-order valence-electron chi connectivity index (χ2n) is 5.38. The number of carbonyl (C=O) groups excluding carboxylic acids is 1. The second-order valence-corrected chi connectivity index (χ2v) is 5.38. The van der Waals surface area contributed by atoms with Crippen LogP contribution in [-0.4, -0.2) is 34.7 Å². The smallest absolute Gasteiger partial charge is 0.325 e. The summed E-state index contributed by atoms with van der Waals surface area (Å²) in [6.07, 6.45) is 3.45. The number of rotatable bonds is 7. The SMILES string of the molecule is CCNC(C)(CCCn1cnc2ccccc21)C(=O)OC. The zero-order valence-corrected chi connectivity index (χ0v) is 12.9. The van der Waals surface area contributed by atoms with Crippen LogP contribution in [0, 0.1) is 0 Å². The molecule has 1 heterocycles. The summed E-state index contributed by atoms with van der Waals surface area (Å²) in [6.45, 7) is 5.46.